The minimum Gasteiger partial charge on any atom is -0.354 e. The summed E-state index contributed by atoms with van der Waals surface area (Å²) in [6.07, 6.45) is 3.30. The van der Waals surface area contributed by atoms with E-state index in [4.69, 9.17) is 27.3 Å². The van der Waals surface area contributed by atoms with E-state index in [-0.39, 0.29) is 11.5 Å². The minimum atomic E-state index is -0.131. The zero-order valence-corrected chi connectivity index (χ0v) is 19.8. The van der Waals surface area contributed by atoms with E-state index >= 15 is 0 Å². The van der Waals surface area contributed by atoms with Gasteiger partial charge in [-0.15, -0.1) is 0 Å². The van der Waals surface area contributed by atoms with Crippen molar-refractivity contribution in [3.8, 4) is 6.07 Å². The Bertz CT molecular complexity index is 1500. The quantitative estimate of drug-likeness (QED) is 0.429. The first-order chi connectivity index (χ1) is 15.9. The number of rotatable bonds is 4. The molecule has 3 aromatic heterocycles. The van der Waals surface area contributed by atoms with Crippen molar-refractivity contribution in [2.24, 2.45) is 12.8 Å². The van der Waals surface area contributed by atoms with Gasteiger partial charge in [-0.05, 0) is 36.7 Å². The van der Waals surface area contributed by atoms with E-state index in [2.05, 4.69) is 16.0 Å². The Morgan fingerprint density at radius 1 is 1.39 bits per heavy atom. The van der Waals surface area contributed by atoms with Crippen LogP contribution in [0.15, 0.2) is 39.2 Å². The summed E-state index contributed by atoms with van der Waals surface area (Å²) >= 11 is 7.99. The fraction of sp³-hybridized carbons (Fsp3) is 0.304. The van der Waals surface area contributed by atoms with Gasteiger partial charge in [-0.1, -0.05) is 18.5 Å². The molecule has 4 heterocycles. The molecule has 1 aliphatic rings. The van der Waals surface area contributed by atoms with E-state index in [1.165, 1.54) is 17.8 Å². The number of benzene rings is 1. The Kier molecular flexibility index (Phi) is 5.52. The summed E-state index contributed by atoms with van der Waals surface area (Å²) in [5.74, 6) is 0.758. The molecule has 0 radical (unpaired) electrons. The van der Waals surface area contributed by atoms with Crippen LogP contribution in [0.5, 0.6) is 0 Å². The highest BCUT2D eigenvalue weighted by atomic mass is 35.5. The number of fused-ring (bicyclic) bond motifs is 2. The normalized spacial score (nSPS) is 16.1. The molecule has 0 unspecified atom stereocenters. The van der Waals surface area contributed by atoms with Crippen LogP contribution in [-0.4, -0.2) is 38.7 Å². The average Bonchev–Trinajstić information content (AvgIpc) is 3.38. The summed E-state index contributed by atoms with van der Waals surface area (Å²) in [5, 5.41) is 12.2. The van der Waals surface area contributed by atoms with Gasteiger partial charge in [0.25, 0.3) is 0 Å². The maximum atomic E-state index is 12.5. The van der Waals surface area contributed by atoms with Crippen molar-refractivity contribution in [1.82, 2.24) is 19.5 Å². The number of nitriles is 1. The van der Waals surface area contributed by atoms with Gasteiger partial charge in [-0.2, -0.15) is 5.26 Å². The van der Waals surface area contributed by atoms with Gasteiger partial charge in [-0.25, -0.2) is 9.97 Å². The van der Waals surface area contributed by atoms with E-state index in [0.29, 0.717) is 38.8 Å². The Hall–Kier alpha value is -3.06. The predicted molar refractivity (Wildman–Crippen MR) is 131 cm³/mol. The van der Waals surface area contributed by atoms with Crippen molar-refractivity contribution < 1.29 is 0 Å². The molecule has 1 aromatic carbocycles. The first-order valence-corrected chi connectivity index (χ1v) is 11.9. The van der Waals surface area contributed by atoms with E-state index in [1.54, 1.807) is 22.9 Å². The van der Waals surface area contributed by atoms with Gasteiger partial charge in [0, 0.05) is 54.4 Å². The molecule has 1 fully saturated rings. The van der Waals surface area contributed by atoms with Gasteiger partial charge in [0.1, 0.15) is 17.5 Å². The number of halogens is 1. The van der Waals surface area contributed by atoms with Crippen molar-refractivity contribution in [3.05, 3.63) is 50.9 Å². The Labute approximate surface area is 199 Å². The average molecular weight is 480 g/mol. The molecule has 1 atom stereocenters. The maximum Gasteiger partial charge on any atom is 0.196 e. The number of aromatic amines is 1. The van der Waals surface area contributed by atoms with Crippen molar-refractivity contribution in [2.45, 2.75) is 35.9 Å². The summed E-state index contributed by atoms with van der Waals surface area (Å²) in [6, 6.07) is 7.36. The molecule has 0 amide bonds. The molecule has 0 bridgehead atoms. The van der Waals surface area contributed by atoms with Gasteiger partial charge in [0.2, 0.25) is 0 Å². The molecule has 3 N–H and O–H groups in total. The molecule has 168 valence electrons. The lowest BCUT2D eigenvalue weighted by atomic mass is 10.1. The Morgan fingerprint density at radius 3 is 2.91 bits per heavy atom. The van der Waals surface area contributed by atoms with E-state index in [0.717, 1.165) is 41.2 Å². The van der Waals surface area contributed by atoms with Crippen LogP contribution in [0, 0.1) is 11.3 Å². The molecule has 0 aliphatic carbocycles. The van der Waals surface area contributed by atoms with Gasteiger partial charge in [0.15, 0.2) is 10.6 Å². The number of hydrogen-bond donors (Lipinski definition) is 2. The van der Waals surface area contributed by atoms with Gasteiger partial charge < -0.3 is 20.2 Å². The van der Waals surface area contributed by atoms with Crippen LogP contribution in [0.1, 0.15) is 24.6 Å². The van der Waals surface area contributed by atoms with Crippen LogP contribution < -0.4 is 16.1 Å². The number of hydrogen-bond acceptors (Lipinski definition) is 7. The summed E-state index contributed by atoms with van der Waals surface area (Å²) in [5.41, 5.74) is 8.65. The highest BCUT2D eigenvalue weighted by molar-refractivity contribution is 7.99. The van der Waals surface area contributed by atoms with Crippen molar-refractivity contribution in [1.29, 1.82) is 5.26 Å². The first kappa shape index (κ1) is 21.8. The first-order valence-electron chi connectivity index (χ1n) is 10.7. The smallest absolute Gasteiger partial charge is 0.196 e. The number of nitrogens with one attached hydrogen (secondary N) is 1. The van der Waals surface area contributed by atoms with E-state index in [1.807, 2.05) is 14.0 Å². The molecular formula is C23H22ClN7OS. The molecule has 10 heteroatoms. The minimum absolute atomic E-state index is 0.0874. The fourth-order valence-corrected chi connectivity index (χ4v) is 5.53. The van der Waals surface area contributed by atoms with Crippen LogP contribution in [0.4, 0.5) is 5.82 Å². The summed E-state index contributed by atoms with van der Waals surface area (Å²) in [7, 11) is 1.82. The third-order valence-electron chi connectivity index (χ3n) is 5.98. The molecule has 0 saturated carbocycles. The van der Waals surface area contributed by atoms with Crippen LogP contribution in [0.3, 0.4) is 0 Å². The van der Waals surface area contributed by atoms with Crippen molar-refractivity contribution >= 4 is 51.1 Å². The SMILES string of the molecule is CCc1[nH]c2nc(Sc3cc(C#N)c4c(c3)c(=O)ccn4C)nc(N3CC[C@H](N)C3)c2c1Cl. The summed E-state index contributed by atoms with van der Waals surface area (Å²) in [4.78, 5) is 28.3. The van der Waals surface area contributed by atoms with Crippen LogP contribution in [0.2, 0.25) is 5.02 Å². The molecule has 8 nitrogen and oxygen atoms in total. The second-order valence-corrected chi connectivity index (χ2v) is 9.61. The molecule has 33 heavy (non-hydrogen) atoms. The van der Waals surface area contributed by atoms with E-state index < -0.39 is 0 Å². The highest BCUT2D eigenvalue weighted by Crippen LogP contribution is 2.38. The van der Waals surface area contributed by atoms with Crippen molar-refractivity contribution in [3.63, 3.8) is 0 Å². The summed E-state index contributed by atoms with van der Waals surface area (Å²) < 4.78 is 1.79. The van der Waals surface area contributed by atoms with Crippen LogP contribution >= 0.6 is 23.4 Å². The third kappa shape index (κ3) is 3.74. The molecule has 0 spiro atoms. The van der Waals surface area contributed by atoms with Crippen LogP contribution in [0.25, 0.3) is 21.9 Å². The highest BCUT2D eigenvalue weighted by Gasteiger charge is 2.26. The predicted octanol–water partition coefficient (Wildman–Crippen LogP) is 3.59. The topological polar surface area (TPSA) is 117 Å². The Morgan fingerprint density at radius 2 is 2.21 bits per heavy atom. The van der Waals surface area contributed by atoms with Gasteiger partial charge in [0.05, 0.1) is 21.5 Å². The molecule has 1 aliphatic heterocycles. The number of nitrogens with zero attached hydrogens (tertiary/aromatic N) is 5. The maximum absolute atomic E-state index is 12.5. The Balaban J connectivity index is 1.65. The van der Waals surface area contributed by atoms with Crippen molar-refractivity contribution in [2.75, 3.05) is 18.0 Å². The third-order valence-corrected chi connectivity index (χ3v) is 7.24. The second kappa shape index (κ2) is 8.37. The molecule has 4 aromatic rings. The van der Waals surface area contributed by atoms with Gasteiger partial charge >= 0.3 is 0 Å². The second-order valence-electron chi connectivity index (χ2n) is 8.19. The number of H-pyrrole nitrogens is 1. The number of aryl methyl sites for hydroxylation is 2. The number of nitrogens with two attached hydrogens (primary N) is 1. The molecule has 1 saturated heterocycles. The number of aromatic nitrogens is 4. The van der Waals surface area contributed by atoms with Gasteiger partial charge in [-0.3, -0.25) is 4.79 Å². The lowest BCUT2D eigenvalue weighted by Crippen LogP contribution is -2.27. The van der Waals surface area contributed by atoms with Crippen LogP contribution in [-0.2, 0) is 13.5 Å². The fourth-order valence-electron chi connectivity index (χ4n) is 4.34. The number of anilines is 1. The standard InChI is InChI=1S/C23H22ClN7OS/c1-3-16-19(24)18-21(27-16)28-23(29-22(18)31-7-4-13(26)11-31)33-14-8-12(10-25)20-15(9-14)17(32)5-6-30(20)2/h5-6,8-9,13H,3-4,7,11,26H2,1-2H3,(H,27,28,29)/t13-/m0/s1. The number of pyridine rings is 1. The monoisotopic (exact) mass is 479 g/mol. The zero-order chi connectivity index (χ0) is 23.3. The van der Waals surface area contributed by atoms with E-state index in [9.17, 15) is 10.1 Å². The molecule has 5 rings (SSSR count). The largest absolute Gasteiger partial charge is 0.354 e. The molecular weight excluding hydrogens is 458 g/mol. The zero-order valence-electron chi connectivity index (χ0n) is 18.2. The lowest BCUT2D eigenvalue weighted by molar-refractivity contribution is 0.751. The summed E-state index contributed by atoms with van der Waals surface area (Å²) in [6.45, 7) is 3.53. The lowest BCUT2D eigenvalue weighted by Gasteiger charge is -2.18.